The number of likely N-dealkylation sites (N-methyl/N-ethyl adjacent to an activating group) is 1. The van der Waals surface area contributed by atoms with E-state index >= 15 is 0 Å². The summed E-state index contributed by atoms with van der Waals surface area (Å²) in [6, 6.07) is 4.01. The molecule has 0 aliphatic heterocycles. The molecule has 0 saturated carbocycles. The van der Waals surface area contributed by atoms with E-state index < -0.39 is 11.9 Å². The molecule has 0 bridgehead atoms. The number of hydrogen-bond acceptors (Lipinski definition) is 4. The lowest BCUT2D eigenvalue weighted by molar-refractivity contribution is -0.130. The van der Waals surface area contributed by atoms with Gasteiger partial charge in [0.05, 0.1) is 0 Å². The molecule has 20 heavy (non-hydrogen) atoms. The fourth-order valence-corrected chi connectivity index (χ4v) is 1.79. The largest absolute Gasteiger partial charge is 0.398 e. The average Bonchev–Trinajstić information content (AvgIpc) is 2.42. The standard InChI is InChI=1S/C14H19N3O3/c1-4-16-13(19)10(3)17(8-18)14(20)11-6-5-7-12(15)9(11)2/h5-8,10H,4,15H2,1-3H3,(H,16,19). The summed E-state index contributed by atoms with van der Waals surface area (Å²) in [5.74, 6) is -0.918. The van der Waals surface area contributed by atoms with Gasteiger partial charge in [0, 0.05) is 17.8 Å². The van der Waals surface area contributed by atoms with Crippen LogP contribution in [0.15, 0.2) is 18.2 Å². The Morgan fingerprint density at radius 2 is 2.10 bits per heavy atom. The number of imide groups is 1. The molecule has 0 aliphatic rings. The summed E-state index contributed by atoms with van der Waals surface area (Å²) in [7, 11) is 0. The van der Waals surface area contributed by atoms with Gasteiger partial charge in [-0.2, -0.15) is 0 Å². The van der Waals surface area contributed by atoms with Gasteiger partial charge >= 0.3 is 0 Å². The Morgan fingerprint density at radius 3 is 2.65 bits per heavy atom. The fraction of sp³-hybridized carbons (Fsp3) is 0.357. The average molecular weight is 277 g/mol. The van der Waals surface area contributed by atoms with Gasteiger partial charge in [0.2, 0.25) is 12.3 Å². The van der Waals surface area contributed by atoms with Crippen LogP contribution in [0.4, 0.5) is 5.69 Å². The second-order valence-electron chi connectivity index (χ2n) is 4.41. The number of carbonyl (C=O) groups is 3. The van der Waals surface area contributed by atoms with Crippen LogP contribution in [0.5, 0.6) is 0 Å². The molecule has 0 aromatic heterocycles. The van der Waals surface area contributed by atoms with Crippen molar-refractivity contribution in [3.8, 4) is 0 Å². The molecule has 6 nitrogen and oxygen atoms in total. The Labute approximate surface area is 117 Å². The van der Waals surface area contributed by atoms with Gasteiger partial charge < -0.3 is 11.1 Å². The summed E-state index contributed by atoms with van der Waals surface area (Å²) in [5, 5.41) is 2.58. The van der Waals surface area contributed by atoms with Gasteiger partial charge in [0.15, 0.2) is 0 Å². The number of nitrogens with two attached hydrogens (primary N) is 1. The Hall–Kier alpha value is -2.37. The molecule has 0 heterocycles. The summed E-state index contributed by atoms with van der Waals surface area (Å²) in [6.45, 7) is 5.39. The molecule has 0 fully saturated rings. The molecule has 1 rings (SSSR count). The molecule has 1 atom stereocenters. The number of hydrogen-bond donors (Lipinski definition) is 2. The highest BCUT2D eigenvalue weighted by atomic mass is 16.2. The number of anilines is 1. The van der Waals surface area contributed by atoms with E-state index in [-0.39, 0.29) is 5.91 Å². The van der Waals surface area contributed by atoms with Crippen molar-refractivity contribution in [1.29, 1.82) is 0 Å². The lowest BCUT2D eigenvalue weighted by Crippen LogP contribution is -2.47. The molecule has 3 N–H and O–H groups in total. The molecule has 1 aromatic rings. The lowest BCUT2D eigenvalue weighted by Gasteiger charge is -2.23. The maximum Gasteiger partial charge on any atom is 0.261 e. The second kappa shape index (κ2) is 6.70. The zero-order valence-electron chi connectivity index (χ0n) is 11.8. The van der Waals surface area contributed by atoms with Gasteiger partial charge in [-0.25, -0.2) is 0 Å². The van der Waals surface area contributed by atoms with E-state index in [9.17, 15) is 14.4 Å². The van der Waals surface area contributed by atoms with Crippen LogP contribution in [0.2, 0.25) is 0 Å². The van der Waals surface area contributed by atoms with Crippen LogP contribution in [-0.4, -0.2) is 35.7 Å². The Balaban J connectivity index is 3.06. The van der Waals surface area contributed by atoms with Crippen molar-refractivity contribution in [1.82, 2.24) is 10.2 Å². The second-order valence-corrected chi connectivity index (χ2v) is 4.41. The number of nitrogens with one attached hydrogen (secondary N) is 1. The Bertz CT molecular complexity index is 528. The number of amides is 3. The number of nitrogen functional groups attached to an aromatic ring is 1. The summed E-state index contributed by atoms with van der Waals surface area (Å²) in [4.78, 5) is 36.1. The SMILES string of the molecule is CCNC(=O)C(C)N(C=O)C(=O)c1cccc(N)c1C. The highest BCUT2D eigenvalue weighted by Crippen LogP contribution is 2.18. The van der Waals surface area contributed by atoms with Gasteiger partial charge in [-0.3, -0.25) is 19.3 Å². The van der Waals surface area contributed by atoms with Gasteiger partial charge in [0.1, 0.15) is 6.04 Å². The number of nitrogens with zero attached hydrogens (tertiary/aromatic N) is 1. The summed E-state index contributed by atoms with van der Waals surface area (Å²) in [5.41, 5.74) is 7.11. The molecule has 0 spiro atoms. The summed E-state index contributed by atoms with van der Waals surface area (Å²) >= 11 is 0. The van der Waals surface area contributed by atoms with E-state index in [4.69, 9.17) is 5.73 Å². The molecule has 1 unspecified atom stereocenters. The molecule has 1 aromatic carbocycles. The van der Waals surface area contributed by atoms with Crippen molar-refractivity contribution in [2.45, 2.75) is 26.8 Å². The Morgan fingerprint density at radius 1 is 1.45 bits per heavy atom. The first-order chi connectivity index (χ1) is 9.43. The maximum absolute atomic E-state index is 12.4. The summed E-state index contributed by atoms with van der Waals surface area (Å²) < 4.78 is 0. The van der Waals surface area contributed by atoms with Crippen LogP contribution in [0.25, 0.3) is 0 Å². The first kappa shape index (κ1) is 15.7. The van der Waals surface area contributed by atoms with Crippen LogP contribution >= 0.6 is 0 Å². The minimum atomic E-state index is -0.874. The first-order valence-electron chi connectivity index (χ1n) is 6.34. The first-order valence-corrected chi connectivity index (χ1v) is 6.34. The highest BCUT2D eigenvalue weighted by Gasteiger charge is 2.27. The molecule has 108 valence electrons. The van der Waals surface area contributed by atoms with Crippen LogP contribution in [0.3, 0.4) is 0 Å². The Kier molecular flexibility index (Phi) is 5.25. The third-order valence-corrected chi connectivity index (χ3v) is 3.10. The molecule has 6 heteroatoms. The lowest BCUT2D eigenvalue weighted by atomic mass is 10.1. The third-order valence-electron chi connectivity index (χ3n) is 3.10. The van der Waals surface area contributed by atoms with E-state index in [2.05, 4.69) is 5.32 Å². The zero-order chi connectivity index (χ0) is 15.3. The number of benzene rings is 1. The van der Waals surface area contributed by atoms with Gasteiger partial charge in [0.25, 0.3) is 5.91 Å². The van der Waals surface area contributed by atoms with Crippen molar-refractivity contribution in [2.75, 3.05) is 12.3 Å². The summed E-state index contributed by atoms with van der Waals surface area (Å²) in [6.07, 6.45) is 0.366. The van der Waals surface area contributed by atoms with Gasteiger partial charge in [-0.1, -0.05) is 6.07 Å². The fourth-order valence-electron chi connectivity index (χ4n) is 1.79. The third kappa shape index (κ3) is 3.14. The van der Waals surface area contributed by atoms with Crippen LogP contribution in [0.1, 0.15) is 29.8 Å². The van der Waals surface area contributed by atoms with Crippen LogP contribution in [0, 0.1) is 6.92 Å². The van der Waals surface area contributed by atoms with E-state index in [0.717, 1.165) is 4.90 Å². The molecule has 3 amide bonds. The predicted molar refractivity (Wildman–Crippen MR) is 76.0 cm³/mol. The molecule has 0 radical (unpaired) electrons. The van der Waals surface area contributed by atoms with E-state index in [0.29, 0.717) is 29.8 Å². The molecule has 0 saturated heterocycles. The van der Waals surface area contributed by atoms with Crippen LogP contribution in [-0.2, 0) is 9.59 Å². The minimum Gasteiger partial charge on any atom is -0.398 e. The topological polar surface area (TPSA) is 92.5 Å². The van der Waals surface area contributed by atoms with E-state index in [1.165, 1.54) is 6.92 Å². The molecule has 0 aliphatic carbocycles. The molecular formula is C14H19N3O3. The normalized spacial score (nSPS) is 11.6. The van der Waals surface area contributed by atoms with Crippen LogP contribution < -0.4 is 11.1 Å². The van der Waals surface area contributed by atoms with Gasteiger partial charge in [-0.15, -0.1) is 0 Å². The van der Waals surface area contributed by atoms with Crippen molar-refractivity contribution in [2.24, 2.45) is 0 Å². The van der Waals surface area contributed by atoms with E-state index in [1.807, 2.05) is 0 Å². The highest BCUT2D eigenvalue weighted by molar-refractivity contribution is 6.04. The van der Waals surface area contributed by atoms with E-state index in [1.54, 1.807) is 32.0 Å². The maximum atomic E-state index is 12.4. The van der Waals surface area contributed by atoms with Crippen molar-refractivity contribution in [3.05, 3.63) is 29.3 Å². The number of rotatable bonds is 5. The van der Waals surface area contributed by atoms with Crippen molar-refractivity contribution in [3.63, 3.8) is 0 Å². The molecular weight excluding hydrogens is 258 g/mol. The minimum absolute atomic E-state index is 0.313. The number of carbonyl (C=O) groups excluding carboxylic acids is 3. The monoisotopic (exact) mass is 277 g/mol. The van der Waals surface area contributed by atoms with Gasteiger partial charge in [-0.05, 0) is 38.5 Å². The quantitative estimate of drug-likeness (QED) is 0.612. The van der Waals surface area contributed by atoms with Crippen molar-refractivity contribution < 1.29 is 14.4 Å². The van der Waals surface area contributed by atoms with Crippen molar-refractivity contribution >= 4 is 23.9 Å². The zero-order valence-corrected chi connectivity index (χ0v) is 11.8. The smallest absolute Gasteiger partial charge is 0.261 e. The predicted octanol–water partition coefficient (Wildman–Crippen LogP) is 0.700.